The number of aromatic amines is 1. The number of thiophene rings is 1. The van der Waals surface area contributed by atoms with E-state index in [1.165, 1.54) is 17.7 Å². The number of rotatable bonds is 2. The lowest BCUT2D eigenvalue weighted by Gasteiger charge is -2.22. The number of carboxylic acids is 1. The molecule has 2 aromatic heterocycles. The van der Waals surface area contributed by atoms with Crippen molar-refractivity contribution in [1.29, 1.82) is 0 Å². The quantitative estimate of drug-likeness (QED) is 0.840. The van der Waals surface area contributed by atoms with Gasteiger partial charge in [-0.2, -0.15) is 0 Å². The first-order valence-electron chi connectivity index (χ1n) is 5.83. The molecule has 0 saturated carbocycles. The molecule has 0 radical (unpaired) electrons. The summed E-state index contributed by atoms with van der Waals surface area (Å²) in [6, 6.07) is 0. The van der Waals surface area contributed by atoms with Crippen molar-refractivity contribution in [3.8, 4) is 0 Å². The molecule has 0 aromatic carbocycles. The number of aliphatic carboxylic acids is 1. The van der Waals surface area contributed by atoms with Crippen LogP contribution in [-0.2, 0) is 17.6 Å². The summed E-state index contributed by atoms with van der Waals surface area (Å²) in [4.78, 5) is 31.0. The molecule has 1 unspecified atom stereocenters. The van der Waals surface area contributed by atoms with Crippen LogP contribution in [0.25, 0.3) is 10.2 Å². The zero-order chi connectivity index (χ0) is 12.7. The summed E-state index contributed by atoms with van der Waals surface area (Å²) >= 11 is 1.50. The molecule has 1 N–H and O–H groups in total. The zero-order valence-corrected chi connectivity index (χ0v) is 10.4. The van der Waals surface area contributed by atoms with Gasteiger partial charge in [-0.05, 0) is 37.2 Å². The minimum atomic E-state index is -1.000. The van der Waals surface area contributed by atoms with Gasteiger partial charge in [-0.1, -0.05) is 0 Å². The molecule has 0 amide bonds. The maximum absolute atomic E-state index is 11.8. The van der Waals surface area contributed by atoms with Crippen molar-refractivity contribution in [1.82, 2.24) is 9.97 Å². The summed E-state index contributed by atoms with van der Waals surface area (Å²) in [5, 5.41) is 11.3. The minimum Gasteiger partial charge on any atom is -0.550 e. The molecule has 3 rings (SSSR count). The Morgan fingerprint density at radius 1 is 1.61 bits per heavy atom. The first kappa shape index (κ1) is 11.4. The smallest absolute Gasteiger partial charge is 0.259 e. The molecule has 2 aromatic rings. The summed E-state index contributed by atoms with van der Waals surface area (Å²) in [6.45, 7) is 0. The van der Waals surface area contributed by atoms with E-state index < -0.39 is 5.97 Å². The third kappa shape index (κ3) is 1.82. The van der Waals surface area contributed by atoms with E-state index in [1.54, 1.807) is 0 Å². The maximum Gasteiger partial charge on any atom is 0.259 e. The molecule has 0 bridgehead atoms. The lowest BCUT2D eigenvalue weighted by molar-refractivity contribution is -0.306. The van der Waals surface area contributed by atoms with E-state index >= 15 is 0 Å². The third-order valence-corrected chi connectivity index (χ3v) is 4.57. The molecule has 0 spiro atoms. The molecule has 18 heavy (non-hydrogen) atoms. The van der Waals surface area contributed by atoms with Crippen molar-refractivity contribution in [2.24, 2.45) is 5.92 Å². The van der Waals surface area contributed by atoms with Crippen molar-refractivity contribution in [2.75, 3.05) is 0 Å². The average molecular weight is 263 g/mol. The minimum absolute atomic E-state index is 0.0947. The number of nitrogens with zero attached hydrogens (tertiary/aromatic N) is 1. The second-order valence-corrected chi connectivity index (χ2v) is 5.68. The fourth-order valence-electron chi connectivity index (χ4n) is 2.60. The lowest BCUT2D eigenvalue weighted by atomic mass is 9.86. The van der Waals surface area contributed by atoms with Crippen LogP contribution in [0.5, 0.6) is 0 Å². The second kappa shape index (κ2) is 4.20. The van der Waals surface area contributed by atoms with Gasteiger partial charge < -0.3 is 14.9 Å². The summed E-state index contributed by atoms with van der Waals surface area (Å²) in [6.07, 6.45) is 3.76. The molecule has 1 aliphatic carbocycles. The fourth-order valence-corrected chi connectivity index (χ4v) is 3.90. The molecular weight excluding hydrogens is 252 g/mol. The van der Waals surface area contributed by atoms with Crippen molar-refractivity contribution < 1.29 is 9.90 Å². The highest BCUT2D eigenvalue weighted by atomic mass is 32.1. The summed E-state index contributed by atoms with van der Waals surface area (Å²) in [5.41, 5.74) is 0.954. The number of hydrogen-bond donors (Lipinski definition) is 1. The van der Waals surface area contributed by atoms with Gasteiger partial charge in [0.2, 0.25) is 0 Å². The molecule has 5 nitrogen and oxygen atoms in total. The van der Waals surface area contributed by atoms with Crippen molar-refractivity contribution in [3.05, 3.63) is 27.1 Å². The van der Waals surface area contributed by atoms with Gasteiger partial charge >= 0.3 is 0 Å². The van der Waals surface area contributed by atoms with Crippen molar-refractivity contribution in [3.63, 3.8) is 0 Å². The predicted molar refractivity (Wildman–Crippen MR) is 65.4 cm³/mol. The Balaban J connectivity index is 2.03. The molecule has 6 heteroatoms. The van der Waals surface area contributed by atoms with E-state index in [0.29, 0.717) is 11.8 Å². The average Bonchev–Trinajstić information content (AvgIpc) is 2.66. The highest BCUT2D eigenvalue weighted by Crippen LogP contribution is 2.36. The maximum atomic E-state index is 11.8. The Morgan fingerprint density at radius 2 is 2.44 bits per heavy atom. The number of carboxylic acid groups (broad SMARTS) is 1. The molecule has 1 atom stereocenters. The van der Waals surface area contributed by atoms with Gasteiger partial charge in [0.1, 0.15) is 4.83 Å². The van der Waals surface area contributed by atoms with Crippen LogP contribution in [-0.4, -0.2) is 15.9 Å². The lowest BCUT2D eigenvalue weighted by Crippen LogP contribution is -2.27. The number of fused-ring (bicyclic) bond motifs is 3. The normalized spacial score (nSPS) is 18.8. The van der Waals surface area contributed by atoms with Gasteiger partial charge in [-0.3, -0.25) is 4.79 Å². The van der Waals surface area contributed by atoms with Gasteiger partial charge in [-0.15, -0.1) is 11.3 Å². The van der Waals surface area contributed by atoms with Gasteiger partial charge in [-0.25, -0.2) is 4.98 Å². The van der Waals surface area contributed by atoms with Crippen molar-refractivity contribution in [2.45, 2.75) is 25.7 Å². The number of carbonyl (C=O) groups excluding carboxylic acids is 1. The molecule has 2 heterocycles. The van der Waals surface area contributed by atoms with Gasteiger partial charge in [0.15, 0.2) is 0 Å². The number of nitrogens with one attached hydrogen (secondary N) is 1. The monoisotopic (exact) mass is 263 g/mol. The van der Waals surface area contributed by atoms with Gasteiger partial charge in [0.25, 0.3) is 5.56 Å². The SMILES string of the molecule is O=C([O-])CC1CCc2c(sc3nc[nH]c(=O)c23)C1. The molecular formula is C12H11N2O3S-. The largest absolute Gasteiger partial charge is 0.550 e. The van der Waals surface area contributed by atoms with Crippen LogP contribution in [0.3, 0.4) is 0 Å². The van der Waals surface area contributed by atoms with Crippen LogP contribution in [0, 0.1) is 5.92 Å². The van der Waals surface area contributed by atoms with E-state index in [2.05, 4.69) is 9.97 Å². The Hall–Kier alpha value is -1.69. The Labute approximate surface area is 106 Å². The van der Waals surface area contributed by atoms with E-state index in [0.717, 1.165) is 28.1 Å². The Bertz CT molecular complexity index is 674. The first-order valence-corrected chi connectivity index (χ1v) is 6.64. The van der Waals surface area contributed by atoms with Crippen LogP contribution >= 0.6 is 11.3 Å². The van der Waals surface area contributed by atoms with E-state index in [4.69, 9.17) is 0 Å². The first-order chi connectivity index (χ1) is 8.65. The third-order valence-electron chi connectivity index (χ3n) is 3.41. The summed E-state index contributed by atoms with van der Waals surface area (Å²) in [7, 11) is 0. The molecule has 0 fully saturated rings. The fraction of sp³-hybridized carbons (Fsp3) is 0.417. The summed E-state index contributed by atoms with van der Waals surface area (Å²) < 4.78 is 0. The molecule has 1 aliphatic rings. The topological polar surface area (TPSA) is 85.9 Å². The number of carbonyl (C=O) groups is 1. The van der Waals surface area contributed by atoms with E-state index in [-0.39, 0.29) is 17.9 Å². The van der Waals surface area contributed by atoms with E-state index in [1.807, 2.05) is 0 Å². The van der Waals surface area contributed by atoms with Crippen molar-refractivity contribution >= 4 is 27.5 Å². The molecule has 0 aliphatic heterocycles. The van der Waals surface area contributed by atoms with Gasteiger partial charge in [0, 0.05) is 10.8 Å². The predicted octanol–water partition coefficient (Wildman–Crippen LogP) is 0.229. The zero-order valence-electron chi connectivity index (χ0n) is 9.56. The highest BCUT2D eigenvalue weighted by Gasteiger charge is 2.24. The number of aromatic nitrogens is 2. The van der Waals surface area contributed by atoms with Crippen LogP contribution < -0.4 is 10.7 Å². The number of hydrogen-bond acceptors (Lipinski definition) is 5. The van der Waals surface area contributed by atoms with Crippen LogP contribution in [0.15, 0.2) is 11.1 Å². The Morgan fingerprint density at radius 3 is 3.22 bits per heavy atom. The van der Waals surface area contributed by atoms with E-state index in [9.17, 15) is 14.7 Å². The second-order valence-electron chi connectivity index (χ2n) is 4.60. The van der Waals surface area contributed by atoms with Crippen LogP contribution in [0.2, 0.25) is 0 Å². The highest BCUT2D eigenvalue weighted by molar-refractivity contribution is 7.18. The van der Waals surface area contributed by atoms with Crippen LogP contribution in [0.1, 0.15) is 23.3 Å². The van der Waals surface area contributed by atoms with Gasteiger partial charge in [0.05, 0.1) is 11.7 Å². The summed E-state index contributed by atoms with van der Waals surface area (Å²) in [5.74, 6) is -0.879. The Kier molecular flexibility index (Phi) is 2.66. The number of aryl methyl sites for hydroxylation is 1. The molecule has 94 valence electrons. The van der Waals surface area contributed by atoms with Crippen LogP contribution in [0.4, 0.5) is 0 Å². The standard InChI is InChI=1S/C12H12N2O3S/c15-9(16)4-6-1-2-7-8(3-6)18-12-10(7)11(17)13-5-14-12/h5-6H,1-4H2,(H,15,16)(H,13,14,17)/p-1. The molecule has 0 saturated heterocycles. The number of H-pyrrole nitrogens is 1.